The number of nitrogens with zero attached hydrogens (tertiary/aromatic N) is 1. The van der Waals surface area contributed by atoms with Crippen LogP contribution in [0.3, 0.4) is 0 Å². The minimum absolute atomic E-state index is 0. The molecule has 0 radical (unpaired) electrons. The van der Waals surface area contributed by atoms with Gasteiger partial charge in [-0.1, -0.05) is 23.8 Å². The fourth-order valence-electron chi connectivity index (χ4n) is 1.92. The molecule has 0 aromatic heterocycles. The molecule has 132 valence electrons. The van der Waals surface area contributed by atoms with Crippen LogP contribution in [0.1, 0.15) is 12.6 Å². The number of sulfonamides is 2. The van der Waals surface area contributed by atoms with Gasteiger partial charge in [0.25, 0.3) is 20.0 Å². The third-order valence-corrected chi connectivity index (χ3v) is 7.21. The monoisotopic (exact) mass is 432 g/mol. The second-order valence-electron chi connectivity index (χ2n) is 5.06. The van der Waals surface area contributed by atoms with Crippen molar-refractivity contribution in [2.75, 3.05) is 3.82 Å². The zero-order valence-corrected chi connectivity index (χ0v) is 18.8. The van der Waals surface area contributed by atoms with Crippen molar-refractivity contribution in [2.45, 2.75) is 23.6 Å². The first-order valence-electron chi connectivity index (χ1n) is 6.60. The number of hydrogen-bond acceptors (Lipinski definition) is 4. The van der Waals surface area contributed by atoms with Gasteiger partial charge in [0.1, 0.15) is 0 Å². The number of benzene rings is 2. The quantitative estimate of drug-likeness (QED) is 0.540. The minimum atomic E-state index is -4.05. The molecule has 0 bridgehead atoms. The van der Waals surface area contributed by atoms with Gasteiger partial charge in [-0.05, 0) is 55.5 Å². The van der Waals surface area contributed by atoms with Crippen LogP contribution in [0.2, 0.25) is 0 Å². The van der Waals surface area contributed by atoms with E-state index in [4.69, 9.17) is 23.6 Å². The molecule has 0 aliphatic rings. The molecule has 0 aliphatic heterocycles. The number of nitrogens with one attached hydrogen (secondary N) is 1. The number of halogens is 2. The van der Waals surface area contributed by atoms with Gasteiger partial charge in [0, 0.05) is 11.8 Å². The summed E-state index contributed by atoms with van der Waals surface area (Å²) in [5, 5.41) is 0. The predicted octanol–water partition coefficient (Wildman–Crippen LogP) is 0.201. The molecule has 0 saturated carbocycles. The summed E-state index contributed by atoms with van der Waals surface area (Å²) in [6.45, 7) is 3.44. The molecule has 0 aliphatic carbocycles. The second-order valence-corrected chi connectivity index (χ2v) is 9.48. The van der Waals surface area contributed by atoms with Gasteiger partial charge in [-0.25, -0.2) is 8.42 Å². The summed E-state index contributed by atoms with van der Waals surface area (Å²) in [6, 6.07) is 10.0. The molecule has 0 heterocycles. The van der Waals surface area contributed by atoms with Crippen LogP contribution in [0.25, 0.3) is 0 Å². The van der Waals surface area contributed by atoms with Crippen LogP contribution in [0.5, 0.6) is 0 Å². The van der Waals surface area contributed by atoms with E-state index in [1.165, 1.54) is 24.3 Å². The fraction of sp³-hybridized carbons (Fsp3) is 0.143. The van der Waals surface area contributed by atoms with Crippen LogP contribution >= 0.6 is 23.6 Å². The molecule has 0 amide bonds. The van der Waals surface area contributed by atoms with Gasteiger partial charge in [-0.2, -0.15) is 12.2 Å². The molecule has 0 unspecified atom stereocenters. The standard InChI is InChI=1S/C14H14Cl2N2O4S2.Na.H/c1-10-3-6-12(7-4-10)24(21,22)18(16)14-9-13(8-5-11(14)2)23(19,20)17-15;;/h3-9,17H,1-2H3;;/q;+1;-1. The Labute approximate surface area is 181 Å². The number of hydrogen-bond donors (Lipinski definition) is 1. The molecular formula is C14H15Cl2N2NaO4S2. The molecule has 0 fully saturated rings. The third-order valence-electron chi connectivity index (χ3n) is 3.31. The second kappa shape index (κ2) is 8.58. The first-order chi connectivity index (χ1) is 11.1. The molecule has 2 aromatic rings. The average Bonchev–Trinajstić information content (AvgIpc) is 2.54. The van der Waals surface area contributed by atoms with E-state index in [2.05, 4.69) is 0 Å². The Balaban J connectivity index is 0.00000312. The van der Waals surface area contributed by atoms with E-state index in [0.717, 1.165) is 11.6 Å². The predicted molar refractivity (Wildman–Crippen MR) is 95.2 cm³/mol. The molecule has 25 heavy (non-hydrogen) atoms. The topological polar surface area (TPSA) is 83.6 Å². The van der Waals surface area contributed by atoms with Crippen LogP contribution in [-0.2, 0) is 20.0 Å². The summed E-state index contributed by atoms with van der Waals surface area (Å²) in [5.74, 6) is 0. The molecule has 6 nitrogen and oxygen atoms in total. The molecule has 0 atom stereocenters. The molecule has 1 N–H and O–H groups in total. The van der Waals surface area contributed by atoms with Crippen molar-refractivity contribution in [2.24, 2.45) is 0 Å². The first kappa shape index (κ1) is 22.7. The van der Waals surface area contributed by atoms with Gasteiger partial charge >= 0.3 is 29.6 Å². The van der Waals surface area contributed by atoms with Gasteiger partial charge < -0.3 is 1.43 Å². The smallest absolute Gasteiger partial charge is 1.00 e. The summed E-state index contributed by atoms with van der Waals surface area (Å²) in [5.41, 5.74) is 1.40. The van der Waals surface area contributed by atoms with Crippen molar-refractivity contribution in [1.29, 1.82) is 0 Å². The molecular weight excluding hydrogens is 418 g/mol. The number of aryl methyl sites for hydroxylation is 2. The minimum Gasteiger partial charge on any atom is -1.00 e. The maximum absolute atomic E-state index is 12.6. The maximum atomic E-state index is 12.6. The molecule has 2 rings (SSSR count). The van der Waals surface area contributed by atoms with Crippen molar-refractivity contribution in [1.82, 2.24) is 4.24 Å². The Morgan fingerprint density at radius 1 is 0.960 bits per heavy atom. The summed E-state index contributed by atoms with van der Waals surface area (Å²) in [6.07, 6.45) is 0. The third kappa shape index (κ3) is 4.90. The van der Waals surface area contributed by atoms with Gasteiger partial charge in [0.15, 0.2) is 0 Å². The first-order valence-corrected chi connectivity index (χ1v) is 10.2. The Morgan fingerprint density at radius 3 is 2.00 bits per heavy atom. The zero-order valence-electron chi connectivity index (χ0n) is 14.7. The summed E-state index contributed by atoms with van der Waals surface area (Å²) < 4.78 is 51.0. The van der Waals surface area contributed by atoms with E-state index >= 15 is 0 Å². The van der Waals surface area contributed by atoms with Gasteiger partial charge in [-0.15, -0.1) is 4.24 Å². The summed E-state index contributed by atoms with van der Waals surface area (Å²) >= 11 is 11.2. The Morgan fingerprint density at radius 2 is 1.48 bits per heavy atom. The average molecular weight is 433 g/mol. The van der Waals surface area contributed by atoms with Crippen molar-refractivity contribution in [3.63, 3.8) is 0 Å². The summed E-state index contributed by atoms with van der Waals surface area (Å²) in [7, 11) is -8.00. The SMILES string of the molecule is Cc1ccc(S(=O)(=O)N(Cl)c2cc(S(=O)(=O)NCl)ccc2C)cc1.[H-].[Na+]. The van der Waals surface area contributed by atoms with E-state index in [-0.39, 0.29) is 46.5 Å². The zero-order chi connectivity index (χ0) is 18.1. The normalized spacial score (nSPS) is 11.7. The van der Waals surface area contributed by atoms with E-state index in [1.807, 2.05) is 6.92 Å². The Hall–Kier alpha value is -0.320. The van der Waals surface area contributed by atoms with Crippen molar-refractivity contribution < 1.29 is 47.8 Å². The Bertz CT molecular complexity index is 971. The molecule has 2 aromatic carbocycles. The molecule has 11 heteroatoms. The van der Waals surface area contributed by atoms with E-state index in [1.54, 1.807) is 23.3 Å². The number of rotatable bonds is 5. The van der Waals surface area contributed by atoms with E-state index < -0.39 is 20.0 Å². The van der Waals surface area contributed by atoms with E-state index in [9.17, 15) is 16.8 Å². The molecule has 0 saturated heterocycles. The van der Waals surface area contributed by atoms with Gasteiger partial charge in [-0.3, -0.25) is 0 Å². The molecule has 0 spiro atoms. The van der Waals surface area contributed by atoms with Gasteiger partial charge in [0.2, 0.25) is 0 Å². The van der Waals surface area contributed by atoms with Gasteiger partial charge in [0.05, 0.1) is 15.5 Å². The Kier molecular flexibility index (Phi) is 7.80. The van der Waals surface area contributed by atoms with Crippen molar-refractivity contribution in [3.05, 3.63) is 53.6 Å². The number of anilines is 1. The van der Waals surface area contributed by atoms with Crippen LogP contribution in [-0.4, -0.2) is 16.8 Å². The van der Waals surface area contributed by atoms with Crippen LogP contribution in [0, 0.1) is 13.8 Å². The largest absolute Gasteiger partial charge is 1.00 e. The van der Waals surface area contributed by atoms with Crippen LogP contribution in [0.15, 0.2) is 52.3 Å². The van der Waals surface area contributed by atoms with Crippen LogP contribution in [0.4, 0.5) is 5.69 Å². The maximum Gasteiger partial charge on any atom is 1.00 e. The van der Waals surface area contributed by atoms with Crippen LogP contribution < -0.4 is 37.6 Å². The van der Waals surface area contributed by atoms with Crippen molar-refractivity contribution in [3.8, 4) is 0 Å². The fourth-order valence-corrected chi connectivity index (χ4v) is 4.33. The van der Waals surface area contributed by atoms with Crippen molar-refractivity contribution >= 4 is 49.3 Å². The van der Waals surface area contributed by atoms with E-state index in [0.29, 0.717) is 9.39 Å². The summed E-state index contributed by atoms with van der Waals surface area (Å²) in [4.78, 5) is -0.214.